The van der Waals surface area contributed by atoms with Crippen molar-refractivity contribution in [2.24, 2.45) is 5.92 Å². The summed E-state index contributed by atoms with van der Waals surface area (Å²) in [6, 6.07) is 4.44. The van der Waals surface area contributed by atoms with Gasteiger partial charge in [-0.3, -0.25) is 4.79 Å². The first-order chi connectivity index (χ1) is 8.62. The van der Waals surface area contributed by atoms with E-state index < -0.39 is 11.4 Å². The van der Waals surface area contributed by atoms with Crippen LogP contribution in [0.2, 0.25) is 0 Å². The lowest BCUT2D eigenvalue weighted by atomic mass is 9.81. The lowest BCUT2D eigenvalue weighted by Gasteiger charge is -2.26. The van der Waals surface area contributed by atoms with Gasteiger partial charge in [-0.15, -0.1) is 0 Å². The molecule has 1 aliphatic heterocycles. The van der Waals surface area contributed by atoms with Crippen LogP contribution in [-0.4, -0.2) is 17.0 Å². The third kappa shape index (κ3) is 2.90. The molecule has 0 N–H and O–H groups in total. The lowest BCUT2D eigenvalue weighted by Crippen LogP contribution is -2.34. The molecule has 1 aliphatic rings. The molecule has 1 unspecified atom stereocenters. The van der Waals surface area contributed by atoms with Gasteiger partial charge in [0.05, 0.1) is 22.7 Å². The molecule has 0 amide bonds. The highest BCUT2D eigenvalue weighted by molar-refractivity contribution is 9.10. The van der Waals surface area contributed by atoms with Crippen molar-refractivity contribution in [1.29, 1.82) is 0 Å². The molecule has 0 aliphatic carbocycles. The standard InChI is InChI=1S/C15H18BrFO2/c1-14(2)8-11(15(3,4)19-14)13(18)10-7-9(16)5-6-12(10)17/h5-7,11H,8H2,1-4H3. The van der Waals surface area contributed by atoms with Crippen molar-refractivity contribution in [2.45, 2.75) is 45.3 Å². The van der Waals surface area contributed by atoms with Crippen molar-refractivity contribution in [3.8, 4) is 0 Å². The Morgan fingerprint density at radius 3 is 2.53 bits per heavy atom. The normalized spacial score (nSPS) is 24.4. The quantitative estimate of drug-likeness (QED) is 0.754. The van der Waals surface area contributed by atoms with Gasteiger partial charge in [0.2, 0.25) is 0 Å². The Labute approximate surface area is 121 Å². The van der Waals surface area contributed by atoms with Gasteiger partial charge in [-0.2, -0.15) is 0 Å². The first-order valence-electron chi connectivity index (χ1n) is 6.32. The molecule has 0 radical (unpaired) electrons. The maximum absolute atomic E-state index is 13.8. The monoisotopic (exact) mass is 328 g/mol. The Morgan fingerprint density at radius 1 is 1.37 bits per heavy atom. The minimum absolute atomic E-state index is 0.133. The van der Waals surface area contributed by atoms with Crippen LogP contribution in [0.1, 0.15) is 44.5 Å². The highest BCUT2D eigenvalue weighted by atomic mass is 79.9. The lowest BCUT2D eigenvalue weighted by molar-refractivity contribution is -0.0712. The average molecular weight is 329 g/mol. The predicted molar refractivity (Wildman–Crippen MR) is 75.8 cm³/mol. The SMILES string of the molecule is CC1(C)CC(C(=O)c2cc(Br)ccc2F)C(C)(C)O1. The fourth-order valence-electron chi connectivity index (χ4n) is 2.84. The molecule has 1 aromatic rings. The zero-order valence-corrected chi connectivity index (χ0v) is 13.2. The molecule has 0 spiro atoms. The summed E-state index contributed by atoms with van der Waals surface area (Å²) >= 11 is 3.27. The van der Waals surface area contributed by atoms with E-state index in [1.165, 1.54) is 6.07 Å². The average Bonchev–Trinajstić information content (AvgIpc) is 2.49. The smallest absolute Gasteiger partial charge is 0.171 e. The Hall–Kier alpha value is -0.740. The number of benzene rings is 1. The fourth-order valence-corrected chi connectivity index (χ4v) is 3.21. The number of halogens is 2. The molecule has 4 heteroatoms. The van der Waals surface area contributed by atoms with Gasteiger partial charge in [0.15, 0.2) is 5.78 Å². The van der Waals surface area contributed by atoms with E-state index in [1.807, 2.05) is 27.7 Å². The summed E-state index contributed by atoms with van der Waals surface area (Å²) in [5, 5.41) is 0. The van der Waals surface area contributed by atoms with Crippen LogP contribution in [0.5, 0.6) is 0 Å². The van der Waals surface area contributed by atoms with Crippen LogP contribution in [0, 0.1) is 11.7 Å². The van der Waals surface area contributed by atoms with E-state index in [0.717, 1.165) is 0 Å². The number of Topliss-reactive ketones (excluding diaryl/α,β-unsaturated/α-hetero) is 1. The van der Waals surface area contributed by atoms with Gasteiger partial charge in [0.1, 0.15) is 5.82 Å². The highest BCUT2D eigenvalue weighted by Gasteiger charge is 2.49. The number of hydrogen-bond acceptors (Lipinski definition) is 2. The molecule has 2 rings (SSSR count). The number of rotatable bonds is 2. The summed E-state index contributed by atoms with van der Waals surface area (Å²) in [4.78, 5) is 12.6. The molecule has 0 saturated carbocycles. The zero-order chi connectivity index (χ0) is 14.4. The van der Waals surface area contributed by atoms with E-state index in [1.54, 1.807) is 12.1 Å². The summed E-state index contributed by atoms with van der Waals surface area (Å²) in [6.07, 6.45) is 0.602. The van der Waals surface area contributed by atoms with E-state index in [4.69, 9.17) is 4.74 Å². The van der Waals surface area contributed by atoms with Gasteiger partial charge >= 0.3 is 0 Å². The Balaban J connectivity index is 2.37. The minimum atomic E-state index is -0.574. The number of carbonyl (C=O) groups excluding carboxylic acids is 1. The second kappa shape index (κ2) is 4.67. The molecule has 1 heterocycles. The summed E-state index contributed by atoms with van der Waals surface area (Å²) in [5.41, 5.74) is -0.796. The topological polar surface area (TPSA) is 26.3 Å². The van der Waals surface area contributed by atoms with Crippen LogP contribution in [-0.2, 0) is 4.74 Å². The number of ketones is 1. The predicted octanol–water partition coefficient (Wildman–Crippen LogP) is 4.36. The second-order valence-corrected chi connectivity index (χ2v) is 7.13. The fraction of sp³-hybridized carbons (Fsp3) is 0.533. The third-order valence-electron chi connectivity index (χ3n) is 3.58. The third-order valence-corrected chi connectivity index (χ3v) is 4.08. The zero-order valence-electron chi connectivity index (χ0n) is 11.6. The van der Waals surface area contributed by atoms with E-state index in [0.29, 0.717) is 10.9 Å². The first kappa shape index (κ1) is 14.7. The van der Waals surface area contributed by atoms with E-state index >= 15 is 0 Å². The molecule has 104 valence electrons. The molecule has 1 atom stereocenters. The maximum Gasteiger partial charge on any atom is 0.171 e. The molecule has 1 fully saturated rings. The van der Waals surface area contributed by atoms with Gasteiger partial charge in [-0.1, -0.05) is 15.9 Å². The van der Waals surface area contributed by atoms with Crippen molar-refractivity contribution in [1.82, 2.24) is 0 Å². The Morgan fingerprint density at radius 2 is 2.00 bits per heavy atom. The van der Waals surface area contributed by atoms with Crippen LogP contribution >= 0.6 is 15.9 Å². The number of ether oxygens (including phenoxy) is 1. The Bertz CT molecular complexity index is 523. The molecule has 0 bridgehead atoms. The second-order valence-electron chi connectivity index (χ2n) is 6.21. The van der Waals surface area contributed by atoms with Crippen LogP contribution in [0.3, 0.4) is 0 Å². The molecule has 1 saturated heterocycles. The first-order valence-corrected chi connectivity index (χ1v) is 7.11. The van der Waals surface area contributed by atoms with Gasteiger partial charge in [0, 0.05) is 4.47 Å². The molecule has 0 aromatic heterocycles. The summed E-state index contributed by atoms with van der Waals surface area (Å²) < 4.78 is 20.4. The van der Waals surface area contributed by atoms with E-state index in [9.17, 15) is 9.18 Å². The molecular weight excluding hydrogens is 311 g/mol. The van der Waals surface area contributed by atoms with Crippen molar-refractivity contribution in [3.63, 3.8) is 0 Å². The summed E-state index contributed by atoms with van der Waals surface area (Å²) in [7, 11) is 0. The highest BCUT2D eigenvalue weighted by Crippen LogP contribution is 2.43. The van der Waals surface area contributed by atoms with Crippen molar-refractivity contribution in [3.05, 3.63) is 34.1 Å². The molecule has 2 nitrogen and oxygen atoms in total. The number of hydrogen-bond donors (Lipinski definition) is 0. The molecular formula is C15H18BrFO2. The molecule has 1 aromatic carbocycles. The maximum atomic E-state index is 13.8. The van der Waals surface area contributed by atoms with E-state index in [2.05, 4.69) is 15.9 Å². The van der Waals surface area contributed by atoms with Crippen LogP contribution in [0.4, 0.5) is 4.39 Å². The summed E-state index contributed by atoms with van der Waals surface area (Å²) in [5.74, 6) is -0.991. The van der Waals surface area contributed by atoms with Crippen molar-refractivity contribution in [2.75, 3.05) is 0 Å². The summed E-state index contributed by atoms with van der Waals surface area (Å²) in [6.45, 7) is 7.69. The largest absolute Gasteiger partial charge is 0.369 e. The van der Waals surface area contributed by atoms with Crippen LogP contribution < -0.4 is 0 Å². The van der Waals surface area contributed by atoms with Gasteiger partial charge < -0.3 is 4.74 Å². The van der Waals surface area contributed by atoms with Crippen LogP contribution in [0.15, 0.2) is 22.7 Å². The van der Waals surface area contributed by atoms with E-state index in [-0.39, 0.29) is 22.9 Å². The van der Waals surface area contributed by atoms with Gasteiger partial charge in [0.25, 0.3) is 0 Å². The van der Waals surface area contributed by atoms with Crippen molar-refractivity contribution >= 4 is 21.7 Å². The Kier molecular flexibility index (Phi) is 3.60. The number of carbonyl (C=O) groups is 1. The minimum Gasteiger partial charge on any atom is -0.369 e. The van der Waals surface area contributed by atoms with Crippen LogP contribution in [0.25, 0.3) is 0 Å². The van der Waals surface area contributed by atoms with Gasteiger partial charge in [-0.05, 0) is 52.3 Å². The van der Waals surface area contributed by atoms with Crippen molar-refractivity contribution < 1.29 is 13.9 Å². The van der Waals surface area contributed by atoms with Gasteiger partial charge in [-0.25, -0.2) is 4.39 Å². The molecule has 19 heavy (non-hydrogen) atoms.